The topological polar surface area (TPSA) is 96.2 Å². The van der Waals surface area contributed by atoms with Crippen molar-refractivity contribution < 1.29 is 14.8 Å². The Hall–Kier alpha value is -3.45. The van der Waals surface area contributed by atoms with Crippen molar-refractivity contribution in [1.82, 2.24) is 20.3 Å². The molecule has 0 atom stereocenters. The Balaban J connectivity index is 1.77. The maximum Gasteiger partial charge on any atom is 0.267 e. The van der Waals surface area contributed by atoms with Gasteiger partial charge in [-0.05, 0) is 35.9 Å². The SMILES string of the molecule is Cn1c(CNC(=O)c2ccccc2)nc2cc(/C=C/C(=O)NO)ccc21. The number of amides is 2. The fourth-order valence-electron chi connectivity index (χ4n) is 2.59. The van der Waals surface area contributed by atoms with Crippen molar-refractivity contribution >= 4 is 28.9 Å². The van der Waals surface area contributed by atoms with Gasteiger partial charge >= 0.3 is 0 Å². The molecule has 2 amide bonds. The predicted molar refractivity (Wildman–Crippen MR) is 97.3 cm³/mol. The number of hydrogen-bond donors (Lipinski definition) is 3. The molecule has 2 aromatic carbocycles. The molecule has 7 nitrogen and oxygen atoms in total. The molecule has 0 aliphatic heterocycles. The second-order valence-corrected chi connectivity index (χ2v) is 5.69. The minimum atomic E-state index is -0.601. The number of nitrogens with zero attached hydrogens (tertiary/aromatic N) is 2. The van der Waals surface area contributed by atoms with E-state index in [2.05, 4.69) is 10.3 Å². The van der Waals surface area contributed by atoms with E-state index < -0.39 is 5.91 Å². The standard InChI is InChI=1S/C19H18N4O3/c1-23-16-9-7-13(8-10-18(24)22-26)11-15(16)21-17(23)12-20-19(25)14-5-3-2-4-6-14/h2-11,26H,12H2,1H3,(H,20,25)(H,22,24)/b10-8+. The second kappa shape index (κ2) is 7.62. The van der Waals surface area contributed by atoms with Crippen molar-refractivity contribution in [2.24, 2.45) is 7.05 Å². The molecule has 1 heterocycles. The number of aromatic nitrogens is 2. The summed E-state index contributed by atoms with van der Waals surface area (Å²) in [6.07, 6.45) is 2.81. The second-order valence-electron chi connectivity index (χ2n) is 5.69. The lowest BCUT2D eigenvalue weighted by Crippen LogP contribution is -2.24. The Morgan fingerprint density at radius 3 is 2.69 bits per heavy atom. The average molecular weight is 350 g/mol. The highest BCUT2D eigenvalue weighted by atomic mass is 16.5. The van der Waals surface area contributed by atoms with Crippen LogP contribution in [-0.2, 0) is 18.4 Å². The van der Waals surface area contributed by atoms with Gasteiger partial charge in [-0.15, -0.1) is 0 Å². The van der Waals surface area contributed by atoms with Crippen molar-refractivity contribution in [2.75, 3.05) is 0 Å². The van der Waals surface area contributed by atoms with E-state index in [0.29, 0.717) is 12.1 Å². The van der Waals surface area contributed by atoms with Gasteiger partial charge in [-0.1, -0.05) is 24.3 Å². The number of nitrogens with one attached hydrogen (secondary N) is 2. The summed E-state index contributed by atoms with van der Waals surface area (Å²) >= 11 is 0. The summed E-state index contributed by atoms with van der Waals surface area (Å²) in [5, 5.41) is 11.4. The Labute approximate surface area is 149 Å². The zero-order valence-electron chi connectivity index (χ0n) is 14.1. The first-order valence-electron chi connectivity index (χ1n) is 7.99. The molecular formula is C19H18N4O3. The van der Waals surface area contributed by atoms with Crippen molar-refractivity contribution in [2.45, 2.75) is 6.54 Å². The fraction of sp³-hybridized carbons (Fsp3) is 0.105. The maximum absolute atomic E-state index is 12.2. The lowest BCUT2D eigenvalue weighted by molar-refractivity contribution is -0.124. The molecule has 0 aliphatic rings. The Kier molecular flexibility index (Phi) is 5.09. The molecule has 3 aromatic rings. The monoisotopic (exact) mass is 350 g/mol. The zero-order chi connectivity index (χ0) is 18.5. The summed E-state index contributed by atoms with van der Waals surface area (Å²) in [7, 11) is 1.88. The van der Waals surface area contributed by atoms with Crippen molar-refractivity contribution in [3.63, 3.8) is 0 Å². The lowest BCUT2D eigenvalue weighted by Gasteiger charge is -2.05. The summed E-state index contributed by atoms with van der Waals surface area (Å²) in [5.74, 6) is -0.0368. The number of rotatable bonds is 5. The predicted octanol–water partition coefficient (Wildman–Crippen LogP) is 2.02. The van der Waals surface area contributed by atoms with Gasteiger partial charge in [0.25, 0.3) is 11.8 Å². The van der Waals surface area contributed by atoms with Gasteiger partial charge in [0.15, 0.2) is 0 Å². The van der Waals surface area contributed by atoms with E-state index >= 15 is 0 Å². The van der Waals surface area contributed by atoms with Crippen LogP contribution in [0.2, 0.25) is 0 Å². The van der Waals surface area contributed by atoms with Gasteiger partial charge in [-0.2, -0.15) is 0 Å². The molecule has 0 unspecified atom stereocenters. The van der Waals surface area contributed by atoms with Gasteiger partial charge in [0.05, 0.1) is 17.6 Å². The zero-order valence-corrected chi connectivity index (χ0v) is 14.1. The average Bonchev–Trinajstić information content (AvgIpc) is 3.00. The molecule has 3 rings (SSSR count). The fourth-order valence-corrected chi connectivity index (χ4v) is 2.59. The first-order chi connectivity index (χ1) is 12.6. The van der Waals surface area contributed by atoms with Crippen molar-refractivity contribution in [1.29, 1.82) is 0 Å². The quantitative estimate of drug-likeness (QED) is 0.373. The van der Waals surface area contributed by atoms with Crippen LogP contribution in [0.4, 0.5) is 0 Å². The highest BCUT2D eigenvalue weighted by molar-refractivity contribution is 5.94. The summed E-state index contributed by atoms with van der Waals surface area (Å²) in [5.41, 5.74) is 4.58. The molecular weight excluding hydrogens is 332 g/mol. The van der Waals surface area contributed by atoms with Gasteiger partial charge in [0, 0.05) is 18.7 Å². The molecule has 7 heteroatoms. The summed E-state index contributed by atoms with van der Waals surface area (Å²) < 4.78 is 1.91. The number of carbonyl (C=O) groups is 2. The normalized spacial score (nSPS) is 11.0. The van der Waals surface area contributed by atoms with Crippen LogP contribution >= 0.6 is 0 Å². The highest BCUT2D eigenvalue weighted by Crippen LogP contribution is 2.18. The van der Waals surface area contributed by atoms with Crippen molar-refractivity contribution in [3.8, 4) is 0 Å². The number of fused-ring (bicyclic) bond motifs is 1. The van der Waals surface area contributed by atoms with Crippen LogP contribution in [0, 0.1) is 0 Å². The number of hydroxylamine groups is 1. The molecule has 0 saturated heterocycles. The van der Waals surface area contributed by atoms with E-state index in [-0.39, 0.29) is 5.91 Å². The molecule has 0 fully saturated rings. The van der Waals surface area contributed by atoms with Gasteiger partial charge < -0.3 is 9.88 Å². The number of imidazole rings is 1. The van der Waals surface area contributed by atoms with Crippen LogP contribution in [0.15, 0.2) is 54.6 Å². The number of benzene rings is 2. The highest BCUT2D eigenvalue weighted by Gasteiger charge is 2.10. The largest absolute Gasteiger partial charge is 0.345 e. The third kappa shape index (κ3) is 3.79. The van der Waals surface area contributed by atoms with Crippen LogP contribution in [0.25, 0.3) is 17.1 Å². The third-order valence-electron chi connectivity index (χ3n) is 3.98. The lowest BCUT2D eigenvalue weighted by atomic mass is 10.2. The number of hydrogen-bond acceptors (Lipinski definition) is 4. The Bertz CT molecular complexity index is 977. The molecule has 0 radical (unpaired) electrons. The van der Waals surface area contributed by atoms with Crippen molar-refractivity contribution in [3.05, 3.63) is 71.6 Å². The molecule has 3 N–H and O–H groups in total. The van der Waals surface area contributed by atoms with E-state index in [9.17, 15) is 9.59 Å². The van der Waals surface area contributed by atoms with E-state index in [0.717, 1.165) is 22.4 Å². The summed E-state index contributed by atoms with van der Waals surface area (Å²) in [6.45, 7) is 0.303. The van der Waals surface area contributed by atoms with Crippen LogP contribution < -0.4 is 10.8 Å². The molecule has 0 spiro atoms. The molecule has 1 aromatic heterocycles. The Morgan fingerprint density at radius 1 is 1.19 bits per heavy atom. The summed E-state index contributed by atoms with van der Waals surface area (Å²) in [4.78, 5) is 27.8. The third-order valence-corrected chi connectivity index (χ3v) is 3.98. The Morgan fingerprint density at radius 2 is 1.96 bits per heavy atom. The van der Waals surface area contributed by atoms with E-state index in [1.165, 1.54) is 6.08 Å². The van der Waals surface area contributed by atoms with Crippen LogP contribution in [-0.4, -0.2) is 26.6 Å². The van der Waals surface area contributed by atoms with E-state index in [1.807, 2.05) is 48.0 Å². The number of carbonyl (C=O) groups excluding carboxylic acids is 2. The van der Waals surface area contributed by atoms with Crippen LogP contribution in [0.3, 0.4) is 0 Å². The smallest absolute Gasteiger partial charge is 0.267 e. The van der Waals surface area contributed by atoms with E-state index in [4.69, 9.17) is 5.21 Å². The van der Waals surface area contributed by atoms with Gasteiger partial charge in [-0.3, -0.25) is 14.8 Å². The molecule has 0 aliphatic carbocycles. The van der Waals surface area contributed by atoms with Gasteiger partial charge in [-0.25, -0.2) is 10.5 Å². The molecule has 26 heavy (non-hydrogen) atoms. The minimum absolute atomic E-state index is 0.156. The maximum atomic E-state index is 12.2. The van der Waals surface area contributed by atoms with E-state index in [1.54, 1.807) is 23.7 Å². The number of aryl methyl sites for hydroxylation is 1. The molecule has 132 valence electrons. The first-order valence-corrected chi connectivity index (χ1v) is 7.99. The van der Waals surface area contributed by atoms with Gasteiger partial charge in [0.2, 0.25) is 0 Å². The van der Waals surface area contributed by atoms with Crippen LogP contribution in [0.1, 0.15) is 21.7 Å². The minimum Gasteiger partial charge on any atom is -0.345 e. The van der Waals surface area contributed by atoms with Crippen LogP contribution in [0.5, 0.6) is 0 Å². The summed E-state index contributed by atoms with van der Waals surface area (Å²) in [6, 6.07) is 14.6. The molecule has 0 bridgehead atoms. The van der Waals surface area contributed by atoms with Gasteiger partial charge in [0.1, 0.15) is 5.82 Å². The molecule has 0 saturated carbocycles. The first kappa shape index (κ1) is 17.4.